The number of unbranched alkanes of at least 4 members (excludes halogenated alkanes) is 48. The first-order valence-corrected chi connectivity index (χ1v) is 32.4. The van der Waals surface area contributed by atoms with Crippen molar-refractivity contribution in [2.75, 3.05) is 13.2 Å². The Kier molecular flexibility index (Phi) is 59.9. The van der Waals surface area contributed by atoms with Crippen molar-refractivity contribution >= 4 is 11.9 Å². The summed E-state index contributed by atoms with van der Waals surface area (Å²) in [6, 6.07) is -0.539. The van der Waals surface area contributed by atoms with Crippen LogP contribution in [0.5, 0.6) is 0 Å². The molecule has 0 aliphatic carbocycles. The van der Waals surface area contributed by atoms with E-state index in [2.05, 4.69) is 31.3 Å². The predicted octanol–water partition coefficient (Wildman–Crippen LogP) is 20.4. The van der Waals surface area contributed by atoms with E-state index in [1.54, 1.807) is 0 Å². The van der Waals surface area contributed by atoms with E-state index in [-0.39, 0.29) is 18.5 Å². The van der Waals surface area contributed by atoms with Crippen molar-refractivity contribution in [3.05, 3.63) is 12.2 Å². The summed E-state index contributed by atoms with van der Waals surface area (Å²) in [4.78, 5) is 24.5. The summed E-state index contributed by atoms with van der Waals surface area (Å²) >= 11 is 0. The van der Waals surface area contributed by atoms with Gasteiger partial charge in [-0.25, -0.2) is 0 Å². The van der Waals surface area contributed by atoms with Gasteiger partial charge in [0, 0.05) is 12.8 Å². The zero-order valence-electron chi connectivity index (χ0n) is 48.2. The Morgan fingerprint density at radius 3 is 1.00 bits per heavy atom. The van der Waals surface area contributed by atoms with Crippen LogP contribution in [0.2, 0.25) is 0 Å². The highest BCUT2D eigenvalue weighted by Gasteiger charge is 2.20. The highest BCUT2D eigenvalue weighted by atomic mass is 16.5. The second-order valence-corrected chi connectivity index (χ2v) is 22.5. The number of ether oxygens (including phenoxy) is 1. The van der Waals surface area contributed by atoms with Crippen molar-refractivity contribution in [3.8, 4) is 0 Å². The minimum atomic E-state index is -0.661. The second-order valence-electron chi connectivity index (χ2n) is 22.5. The molecule has 0 radical (unpaired) electrons. The van der Waals surface area contributed by atoms with E-state index in [1.165, 1.54) is 295 Å². The Hall–Kier alpha value is -1.40. The fraction of sp³-hybridized carbons (Fsp3) is 0.938. The molecule has 0 heterocycles. The SMILES string of the molecule is CCCCCCCCCCCCCCCCCCCCC(=O)OCCCCCCCCCCCCCC/C=C\CCCCCCCCCCCCCC(=O)NC(CO)C(O)CCCCCCCCCCC. The highest BCUT2D eigenvalue weighted by Crippen LogP contribution is 2.18. The molecule has 0 saturated heterocycles. The van der Waals surface area contributed by atoms with Crippen LogP contribution in [-0.2, 0) is 14.3 Å². The molecule has 2 atom stereocenters. The third-order valence-electron chi connectivity index (χ3n) is 15.3. The third-order valence-corrected chi connectivity index (χ3v) is 15.3. The van der Waals surface area contributed by atoms with E-state index < -0.39 is 12.1 Å². The van der Waals surface area contributed by atoms with Crippen molar-refractivity contribution in [1.82, 2.24) is 5.32 Å². The first-order chi connectivity index (χ1) is 35.0. The average molecular weight is 1000 g/mol. The number of carbonyl (C=O) groups excluding carboxylic acids is 2. The van der Waals surface area contributed by atoms with Gasteiger partial charge in [0.1, 0.15) is 0 Å². The van der Waals surface area contributed by atoms with Gasteiger partial charge in [-0.3, -0.25) is 9.59 Å². The van der Waals surface area contributed by atoms with Crippen LogP contribution in [0.15, 0.2) is 12.2 Å². The van der Waals surface area contributed by atoms with E-state index in [0.29, 0.717) is 25.9 Å². The largest absolute Gasteiger partial charge is 0.466 e. The summed E-state index contributed by atoms with van der Waals surface area (Å²) in [5.41, 5.74) is 0. The molecule has 0 saturated carbocycles. The number of carbonyl (C=O) groups is 2. The van der Waals surface area contributed by atoms with E-state index in [0.717, 1.165) is 38.5 Å². The van der Waals surface area contributed by atoms with Crippen molar-refractivity contribution in [1.29, 1.82) is 0 Å². The van der Waals surface area contributed by atoms with Crippen LogP contribution >= 0.6 is 0 Å². The van der Waals surface area contributed by atoms with Gasteiger partial charge in [-0.2, -0.15) is 0 Å². The molecule has 422 valence electrons. The Balaban J connectivity index is 3.32. The van der Waals surface area contributed by atoms with Gasteiger partial charge in [-0.15, -0.1) is 0 Å². The Bertz CT molecular complexity index is 1060. The fourth-order valence-corrected chi connectivity index (χ4v) is 10.3. The summed E-state index contributed by atoms with van der Waals surface area (Å²) in [5.74, 6) is -0.0166. The highest BCUT2D eigenvalue weighted by molar-refractivity contribution is 5.76. The van der Waals surface area contributed by atoms with Crippen LogP contribution in [0.4, 0.5) is 0 Å². The maximum Gasteiger partial charge on any atom is 0.305 e. The molecule has 3 N–H and O–H groups in total. The average Bonchev–Trinajstić information content (AvgIpc) is 3.37. The molecule has 0 aliphatic rings. The molecular weight excluding hydrogens is 875 g/mol. The summed E-state index contributed by atoms with van der Waals surface area (Å²) in [6.45, 7) is 4.96. The number of nitrogens with one attached hydrogen (secondary N) is 1. The molecule has 2 unspecified atom stereocenters. The number of esters is 1. The molecule has 0 rings (SSSR count). The lowest BCUT2D eigenvalue weighted by Crippen LogP contribution is -2.45. The number of hydrogen-bond donors (Lipinski definition) is 3. The summed E-state index contributed by atoms with van der Waals surface area (Å²) in [7, 11) is 0. The van der Waals surface area contributed by atoms with E-state index in [1.807, 2.05) is 0 Å². The lowest BCUT2D eigenvalue weighted by molar-refractivity contribution is -0.143. The third kappa shape index (κ3) is 57.7. The molecule has 71 heavy (non-hydrogen) atoms. The van der Waals surface area contributed by atoms with E-state index in [9.17, 15) is 19.8 Å². The monoisotopic (exact) mass is 1000 g/mol. The van der Waals surface area contributed by atoms with Crippen molar-refractivity contribution in [3.63, 3.8) is 0 Å². The molecule has 6 heteroatoms. The van der Waals surface area contributed by atoms with E-state index >= 15 is 0 Å². The molecule has 0 aromatic heterocycles. The molecule has 0 fully saturated rings. The van der Waals surface area contributed by atoms with Crippen LogP contribution in [0.3, 0.4) is 0 Å². The Morgan fingerprint density at radius 2 is 0.662 bits per heavy atom. The van der Waals surface area contributed by atoms with Crippen LogP contribution in [0, 0.1) is 0 Å². The zero-order valence-corrected chi connectivity index (χ0v) is 48.2. The van der Waals surface area contributed by atoms with Gasteiger partial charge in [-0.1, -0.05) is 315 Å². The lowest BCUT2D eigenvalue weighted by Gasteiger charge is -2.22. The summed E-state index contributed by atoms with van der Waals surface area (Å²) in [5, 5.41) is 23.1. The van der Waals surface area contributed by atoms with E-state index in [4.69, 9.17) is 4.74 Å². The molecule has 0 aliphatic heterocycles. The molecule has 6 nitrogen and oxygen atoms in total. The van der Waals surface area contributed by atoms with Gasteiger partial charge in [0.15, 0.2) is 0 Å². The fourth-order valence-electron chi connectivity index (χ4n) is 10.3. The standard InChI is InChI=1S/C65H127NO5/c1-3-5-7-9-11-13-14-15-16-17-30-33-36-39-43-47-51-55-59-65(70)71-60-56-52-48-44-40-37-34-31-28-26-24-22-20-18-19-21-23-25-27-29-32-35-38-42-46-50-54-58-64(69)66-62(61-67)63(68)57-53-49-45-41-12-10-8-6-4-2/h18-19,62-63,67-68H,3-17,20-61H2,1-2H3,(H,66,69)/b19-18-. The zero-order chi connectivity index (χ0) is 51.4. The van der Waals surface area contributed by atoms with Crippen molar-refractivity contribution < 1.29 is 24.5 Å². The molecule has 0 aromatic carbocycles. The van der Waals surface area contributed by atoms with Gasteiger partial charge >= 0.3 is 5.97 Å². The normalized spacial score (nSPS) is 12.6. The predicted molar refractivity (Wildman–Crippen MR) is 310 cm³/mol. The Morgan fingerprint density at radius 1 is 0.380 bits per heavy atom. The minimum Gasteiger partial charge on any atom is -0.466 e. The topological polar surface area (TPSA) is 95.9 Å². The lowest BCUT2D eigenvalue weighted by atomic mass is 10.0. The first kappa shape index (κ1) is 69.6. The van der Waals surface area contributed by atoms with Gasteiger partial charge in [0.25, 0.3) is 0 Å². The molecule has 0 spiro atoms. The van der Waals surface area contributed by atoms with Crippen LogP contribution in [0.25, 0.3) is 0 Å². The van der Waals surface area contributed by atoms with Gasteiger partial charge in [0.05, 0.1) is 25.4 Å². The first-order valence-electron chi connectivity index (χ1n) is 32.4. The summed E-state index contributed by atoms with van der Waals surface area (Å²) in [6.07, 6.45) is 74.0. The van der Waals surface area contributed by atoms with Gasteiger partial charge in [0.2, 0.25) is 5.91 Å². The smallest absolute Gasteiger partial charge is 0.305 e. The maximum atomic E-state index is 12.4. The molecule has 0 bridgehead atoms. The Labute approximate surface area is 444 Å². The van der Waals surface area contributed by atoms with Crippen LogP contribution in [0.1, 0.15) is 367 Å². The molecule has 0 aromatic rings. The minimum absolute atomic E-state index is 0.0201. The van der Waals surface area contributed by atoms with Gasteiger partial charge in [-0.05, 0) is 51.4 Å². The summed E-state index contributed by atoms with van der Waals surface area (Å²) < 4.78 is 5.50. The number of allylic oxidation sites excluding steroid dienone is 2. The quantitative estimate of drug-likeness (QED) is 0.0320. The van der Waals surface area contributed by atoms with Crippen molar-refractivity contribution in [2.24, 2.45) is 0 Å². The van der Waals surface area contributed by atoms with Crippen molar-refractivity contribution in [2.45, 2.75) is 379 Å². The number of rotatable bonds is 61. The number of aliphatic hydroxyl groups excluding tert-OH is 2. The van der Waals surface area contributed by atoms with Gasteiger partial charge < -0.3 is 20.3 Å². The number of aliphatic hydroxyl groups is 2. The van der Waals surface area contributed by atoms with Crippen LogP contribution < -0.4 is 5.32 Å². The molecular formula is C65H127NO5. The maximum absolute atomic E-state index is 12.4. The number of amides is 1. The second kappa shape index (κ2) is 61.1. The number of hydrogen-bond acceptors (Lipinski definition) is 5. The molecule has 1 amide bonds. The van der Waals surface area contributed by atoms with Crippen LogP contribution in [-0.4, -0.2) is 47.4 Å².